The van der Waals surface area contributed by atoms with Crippen LogP contribution in [0.2, 0.25) is 0 Å². The molecule has 2 aliphatic rings. The lowest BCUT2D eigenvalue weighted by atomic mass is 9.59. The highest BCUT2D eigenvalue weighted by Crippen LogP contribution is 2.54. The second-order valence-electron chi connectivity index (χ2n) is 7.81. The molecule has 0 spiro atoms. The predicted molar refractivity (Wildman–Crippen MR) is 111 cm³/mol. The minimum Gasteiger partial charge on any atom is -0.497 e. The Kier molecular flexibility index (Phi) is 5.74. The molecule has 1 aliphatic carbocycles. The highest BCUT2D eigenvalue weighted by atomic mass is 16.5. The Morgan fingerprint density at radius 2 is 1.87 bits per heavy atom. The van der Waals surface area contributed by atoms with Crippen molar-refractivity contribution < 1.29 is 9.47 Å². The van der Waals surface area contributed by atoms with Gasteiger partial charge >= 0.3 is 0 Å². The maximum Gasteiger partial charge on any atom is 0.204 e. The molecule has 0 aromatic heterocycles. The Morgan fingerprint density at radius 3 is 2.40 bits per heavy atom. The van der Waals surface area contributed by atoms with E-state index in [-0.39, 0.29) is 23.2 Å². The van der Waals surface area contributed by atoms with Gasteiger partial charge in [-0.1, -0.05) is 12.1 Å². The van der Waals surface area contributed by atoms with E-state index in [1.54, 1.807) is 20.3 Å². The number of nitrogens with two attached hydrogens (primary N) is 1. The van der Waals surface area contributed by atoms with E-state index in [9.17, 15) is 15.8 Å². The third-order valence-electron chi connectivity index (χ3n) is 6.18. The molecular formula is C23H25N5O2. The van der Waals surface area contributed by atoms with Crippen molar-refractivity contribution in [1.82, 2.24) is 4.90 Å². The van der Waals surface area contributed by atoms with E-state index in [0.717, 1.165) is 5.56 Å². The highest BCUT2D eigenvalue weighted by Gasteiger charge is 2.53. The Morgan fingerprint density at radius 1 is 1.17 bits per heavy atom. The number of allylic oxidation sites excluding steroid dienone is 2. The summed E-state index contributed by atoms with van der Waals surface area (Å²) in [7, 11) is 3.14. The molecule has 3 rings (SSSR count). The van der Waals surface area contributed by atoms with E-state index in [1.165, 1.54) is 0 Å². The zero-order chi connectivity index (χ0) is 22.1. The second-order valence-corrected chi connectivity index (χ2v) is 7.81. The normalized spacial score (nSPS) is 22.9. The fourth-order valence-corrected chi connectivity index (χ4v) is 4.51. The molecule has 2 atom stereocenters. The summed E-state index contributed by atoms with van der Waals surface area (Å²) in [6.45, 7) is 5.42. The lowest BCUT2D eigenvalue weighted by Gasteiger charge is -2.46. The van der Waals surface area contributed by atoms with Gasteiger partial charge in [0.15, 0.2) is 0 Å². The predicted octanol–water partition coefficient (Wildman–Crippen LogP) is 2.84. The summed E-state index contributed by atoms with van der Waals surface area (Å²) >= 11 is 0. The van der Waals surface area contributed by atoms with Crippen LogP contribution in [0.5, 0.6) is 11.5 Å². The van der Waals surface area contributed by atoms with Crippen molar-refractivity contribution in [2.75, 3.05) is 27.3 Å². The SMILES string of the molecule is COc1ccc([C@H]2C(C#N)=C(N)C(C#N)(C#N)C3=CCN(C(C)C)C[C@@H]32)c(OC)c1. The van der Waals surface area contributed by atoms with Crippen LogP contribution in [-0.2, 0) is 0 Å². The van der Waals surface area contributed by atoms with Crippen LogP contribution in [0, 0.1) is 45.3 Å². The van der Waals surface area contributed by atoms with Gasteiger partial charge in [-0.3, -0.25) is 4.90 Å². The maximum absolute atomic E-state index is 10.0. The molecule has 1 aromatic carbocycles. The van der Waals surface area contributed by atoms with Crippen molar-refractivity contribution >= 4 is 0 Å². The van der Waals surface area contributed by atoms with Crippen LogP contribution in [-0.4, -0.2) is 38.3 Å². The molecule has 0 unspecified atom stereocenters. The summed E-state index contributed by atoms with van der Waals surface area (Å²) in [5.74, 6) is 0.513. The molecule has 0 bridgehead atoms. The molecule has 30 heavy (non-hydrogen) atoms. The van der Waals surface area contributed by atoms with Gasteiger partial charge in [-0.15, -0.1) is 0 Å². The van der Waals surface area contributed by atoms with Gasteiger partial charge in [-0.05, 0) is 25.5 Å². The number of ether oxygens (including phenoxy) is 2. The van der Waals surface area contributed by atoms with E-state index in [4.69, 9.17) is 15.2 Å². The number of nitriles is 3. The summed E-state index contributed by atoms with van der Waals surface area (Å²) in [6.07, 6.45) is 1.94. The van der Waals surface area contributed by atoms with Gasteiger partial charge in [0, 0.05) is 42.6 Å². The fourth-order valence-electron chi connectivity index (χ4n) is 4.51. The van der Waals surface area contributed by atoms with Crippen molar-refractivity contribution in [3.8, 4) is 29.7 Å². The number of hydrogen-bond acceptors (Lipinski definition) is 7. The monoisotopic (exact) mass is 403 g/mol. The van der Waals surface area contributed by atoms with Gasteiger partial charge in [0.05, 0.1) is 43.7 Å². The second kappa shape index (κ2) is 8.11. The number of fused-ring (bicyclic) bond motifs is 1. The largest absolute Gasteiger partial charge is 0.497 e. The first-order chi connectivity index (χ1) is 14.4. The average Bonchev–Trinajstić information content (AvgIpc) is 2.78. The first-order valence-electron chi connectivity index (χ1n) is 9.77. The molecule has 7 heteroatoms. The van der Waals surface area contributed by atoms with Crippen LogP contribution < -0.4 is 15.2 Å². The zero-order valence-electron chi connectivity index (χ0n) is 17.6. The van der Waals surface area contributed by atoms with Crippen molar-refractivity contribution in [3.05, 3.63) is 46.7 Å². The van der Waals surface area contributed by atoms with Crippen molar-refractivity contribution in [2.45, 2.75) is 25.8 Å². The molecule has 0 amide bonds. The molecule has 1 aromatic rings. The topological polar surface area (TPSA) is 119 Å². The van der Waals surface area contributed by atoms with Gasteiger partial charge in [0.1, 0.15) is 11.5 Å². The van der Waals surface area contributed by atoms with Crippen LogP contribution >= 0.6 is 0 Å². The Bertz CT molecular complexity index is 1020. The smallest absolute Gasteiger partial charge is 0.204 e. The van der Waals surface area contributed by atoms with Crippen LogP contribution in [0.4, 0.5) is 0 Å². The number of rotatable bonds is 4. The van der Waals surface area contributed by atoms with E-state index in [1.807, 2.05) is 18.2 Å². The fraction of sp³-hybridized carbons (Fsp3) is 0.435. The van der Waals surface area contributed by atoms with Crippen molar-refractivity contribution in [3.63, 3.8) is 0 Å². The number of nitrogens with zero attached hydrogens (tertiary/aromatic N) is 4. The number of hydrogen-bond donors (Lipinski definition) is 1. The van der Waals surface area contributed by atoms with E-state index in [0.29, 0.717) is 30.2 Å². The van der Waals surface area contributed by atoms with E-state index >= 15 is 0 Å². The summed E-state index contributed by atoms with van der Waals surface area (Å²) in [4.78, 5) is 2.26. The lowest BCUT2D eigenvalue weighted by Crippen LogP contribution is -2.48. The van der Waals surface area contributed by atoms with Crippen LogP contribution in [0.25, 0.3) is 0 Å². The molecule has 1 aliphatic heterocycles. The van der Waals surface area contributed by atoms with Crippen molar-refractivity contribution in [1.29, 1.82) is 15.8 Å². The van der Waals surface area contributed by atoms with Crippen LogP contribution in [0.3, 0.4) is 0 Å². The molecule has 2 N–H and O–H groups in total. The van der Waals surface area contributed by atoms with Crippen LogP contribution in [0.15, 0.2) is 41.1 Å². The molecule has 154 valence electrons. The van der Waals surface area contributed by atoms with Gasteiger partial charge in [0.25, 0.3) is 0 Å². The Labute approximate surface area is 177 Å². The van der Waals surface area contributed by atoms with Crippen molar-refractivity contribution in [2.24, 2.45) is 17.1 Å². The molecular weight excluding hydrogens is 378 g/mol. The zero-order valence-corrected chi connectivity index (χ0v) is 17.6. The number of methoxy groups -OCH3 is 2. The quantitative estimate of drug-likeness (QED) is 0.768. The lowest BCUT2D eigenvalue weighted by molar-refractivity contribution is 0.185. The summed E-state index contributed by atoms with van der Waals surface area (Å²) in [6, 6.07) is 12.1. The number of benzene rings is 1. The van der Waals surface area contributed by atoms with Gasteiger partial charge in [0.2, 0.25) is 5.41 Å². The molecule has 7 nitrogen and oxygen atoms in total. The Balaban J connectivity index is 2.31. The first-order valence-corrected chi connectivity index (χ1v) is 9.77. The third kappa shape index (κ3) is 3.07. The summed E-state index contributed by atoms with van der Waals surface area (Å²) in [5, 5.41) is 30.0. The first kappa shape index (κ1) is 21.2. The molecule has 0 radical (unpaired) electrons. The van der Waals surface area contributed by atoms with Gasteiger partial charge < -0.3 is 15.2 Å². The molecule has 0 saturated carbocycles. The standard InChI is InChI=1S/C23H25N5O2/c1-14(2)28-8-7-19-18(11-28)21(16-6-5-15(29-3)9-20(16)30-4)17(10-24)22(27)23(19,12-25)13-26/h5-7,9,14,18,21H,8,11,27H2,1-4H3/t18-,21-/m0/s1. The van der Waals surface area contributed by atoms with E-state index in [2.05, 4.69) is 37.0 Å². The van der Waals surface area contributed by atoms with Gasteiger partial charge in [-0.25, -0.2) is 0 Å². The van der Waals surface area contributed by atoms with Gasteiger partial charge in [-0.2, -0.15) is 15.8 Å². The molecule has 0 saturated heterocycles. The maximum atomic E-state index is 10.0. The molecule has 0 fully saturated rings. The van der Waals surface area contributed by atoms with E-state index < -0.39 is 11.3 Å². The third-order valence-corrected chi connectivity index (χ3v) is 6.18. The minimum atomic E-state index is -1.63. The highest BCUT2D eigenvalue weighted by molar-refractivity contribution is 5.60. The minimum absolute atomic E-state index is 0.0124. The summed E-state index contributed by atoms with van der Waals surface area (Å²) in [5.41, 5.74) is 6.44. The van der Waals surface area contributed by atoms with Crippen LogP contribution in [0.1, 0.15) is 25.3 Å². The average molecular weight is 403 g/mol. The summed E-state index contributed by atoms with van der Waals surface area (Å²) < 4.78 is 10.9. The molecule has 1 heterocycles. The Hall–Kier alpha value is -3.47.